The number of benzene rings is 1. The van der Waals surface area contributed by atoms with Crippen LogP contribution in [0, 0.1) is 0 Å². The lowest BCUT2D eigenvalue weighted by Gasteiger charge is -2.29. The number of phenolic OH excluding ortho intramolecular Hbond substituents is 1. The summed E-state index contributed by atoms with van der Waals surface area (Å²) < 4.78 is 0. The maximum atomic E-state index is 11.4. The van der Waals surface area contributed by atoms with Crippen molar-refractivity contribution < 1.29 is 5.11 Å². The van der Waals surface area contributed by atoms with Crippen LogP contribution >= 0.6 is 0 Å². The number of pyridine rings is 1. The molecule has 3 heteroatoms. The van der Waals surface area contributed by atoms with E-state index in [0.717, 1.165) is 36.5 Å². The second kappa shape index (κ2) is 19.4. The van der Waals surface area contributed by atoms with Gasteiger partial charge in [-0.1, -0.05) is 163 Å². The monoisotopic (exact) mass is 579 g/mol. The Morgan fingerprint density at radius 1 is 0.643 bits per heavy atom. The predicted octanol–water partition coefficient (Wildman–Crippen LogP) is 11.6. The molecule has 0 saturated heterocycles. The van der Waals surface area contributed by atoms with Crippen LogP contribution in [0.2, 0.25) is 0 Å². The number of aromatic hydroxyl groups is 1. The average molecular weight is 579 g/mol. The Morgan fingerprint density at radius 3 is 1.62 bits per heavy atom. The molecular weight excluding hydrogens is 512 g/mol. The molecule has 1 aromatic heterocycles. The van der Waals surface area contributed by atoms with Gasteiger partial charge in [0.05, 0.1) is 5.69 Å². The predicted molar refractivity (Wildman–Crippen MR) is 183 cm³/mol. The number of hydrogen-bond donors (Lipinski definition) is 1. The number of unbranched alkanes of at least 4 members (excludes halogenated alkanes) is 15. The van der Waals surface area contributed by atoms with Gasteiger partial charge in [-0.25, -0.2) is 0 Å². The third-order valence-corrected chi connectivity index (χ3v) is 8.70. The Balaban J connectivity index is 1.81. The molecule has 0 spiro atoms. The lowest BCUT2D eigenvalue weighted by Crippen LogP contribution is -2.26. The van der Waals surface area contributed by atoms with E-state index in [0.29, 0.717) is 5.75 Å². The molecule has 3 nitrogen and oxygen atoms in total. The van der Waals surface area contributed by atoms with E-state index in [1.165, 1.54) is 108 Å². The Kier molecular flexibility index (Phi) is 16.8. The molecule has 2 rings (SSSR count). The van der Waals surface area contributed by atoms with Gasteiger partial charge in [-0.05, 0) is 47.1 Å². The molecule has 0 aliphatic heterocycles. The molecule has 0 atom stereocenters. The summed E-state index contributed by atoms with van der Waals surface area (Å²) in [7, 11) is 0. The van der Waals surface area contributed by atoms with E-state index in [9.17, 15) is 5.11 Å². The van der Waals surface area contributed by atoms with Crippen LogP contribution in [-0.2, 0) is 23.9 Å². The zero-order valence-electron chi connectivity index (χ0n) is 28.7. The molecule has 1 N–H and O–H groups in total. The molecule has 238 valence electrons. The SMILES string of the molecule is CCCCCCCCCCCCCCCCCCN(Cc1ccccn1)Cc1cc(C(C)(C)C)cc(C(C)(C)C)c1O. The van der Waals surface area contributed by atoms with Crippen molar-refractivity contribution >= 4 is 0 Å². The van der Waals surface area contributed by atoms with Gasteiger partial charge in [-0.15, -0.1) is 0 Å². The minimum absolute atomic E-state index is 0.0299. The van der Waals surface area contributed by atoms with Crippen molar-refractivity contribution in [3.8, 4) is 5.75 Å². The van der Waals surface area contributed by atoms with Crippen molar-refractivity contribution in [3.63, 3.8) is 0 Å². The minimum atomic E-state index is -0.111. The topological polar surface area (TPSA) is 36.4 Å². The lowest BCUT2D eigenvalue weighted by molar-refractivity contribution is 0.243. The third-order valence-electron chi connectivity index (χ3n) is 8.70. The van der Waals surface area contributed by atoms with Crippen molar-refractivity contribution in [2.45, 2.75) is 175 Å². The second-order valence-electron chi connectivity index (χ2n) is 14.9. The van der Waals surface area contributed by atoms with E-state index in [1.807, 2.05) is 12.3 Å². The highest BCUT2D eigenvalue weighted by Crippen LogP contribution is 2.38. The van der Waals surface area contributed by atoms with Crippen LogP contribution < -0.4 is 0 Å². The molecule has 0 amide bonds. The standard InChI is InChI=1S/C39H66N2O/c1-8-9-10-11-12-13-14-15-16-17-18-19-20-21-22-25-28-41(32-35-26-23-24-27-40-35)31-33-29-34(38(2,3)4)30-36(37(33)42)39(5,6)7/h23-24,26-27,29-30,42H,8-22,25,28,31-32H2,1-7H3. The van der Waals surface area contributed by atoms with Gasteiger partial charge in [-0.2, -0.15) is 0 Å². The fourth-order valence-corrected chi connectivity index (χ4v) is 5.88. The Morgan fingerprint density at radius 2 is 1.17 bits per heavy atom. The van der Waals surface area contributed by atoms with Gasteiger partial charge in [0.1, 0.15) is 5.75 Å². The third kappa shape index (κ3) is 14.5. The van der Waals surface area contributed by atoms with Gasteiger partial charge in [0.2, 0.25) is 0 Å². The smallest absolute Gasteiger partial charge is 0.123 e. The molecular formula is C39H66N2O. The van der Waals surface area contributed by atoms with Crippen LogP contribution in [0.5, 0.6) is 5.75 Å². The molecule has 2 aromatic rings. The van der Waals surface area contributed by atoms with Crippen LogP contribution in [-0.4, -0.2) is 21.5 Å². The molecule has 0 aliphatic rings. The molecule has 0 bridgehead atoms. The highest BCUT2D eigenvalue weighted by molar-refractivity contribution is 5.48. The summed E-state index contributed by atoms with van der Waals surface area (Å²) in [5.41, 5.74) is 4.39. The average Bonchev–Trinajstić information content (AvgIpc) is 2.93. The molecule has 0 radical (unpaired) electrons. The summed E-state index contributed by atoms with van der Waals surface area (Å²) in [6, 6.07) is 10.6. The Hall–Kier alpha value is -1.87. The fourth-order valence-electron chi connectivity index (χ4n) is 5.88. The number of phenols is 1. The molecule has 0 saturated carbocycles. The highest BCUT2D eigenvalue weighted by atomic mass is 16.3. The second-order valence-corrected chi connectivity index (χ2v) is 14.9. The first-order valence-corrected chi connectivity index (χ1v) is 17.5. The van der Waals surface area contributed by atoms with E-state index in [2.05, 4.69) is 82.6 Å². The van der Waals surface area contributed by atoms with Crippen molar-refractivity contribution in [2.24, 2.45) is 0 Å². The van der Waals surface area contributed by atoms with Gasteiger partial charge in [0.15, 0.2) is 0 Å². The van der Waals surface area contributed by atoms with Crippen LogP contribution in [0.1, 0.15) is 174 Å². The van der Waals surface area contributed by atoms with E-state index in [1.54, 1.807) is 0 Å². The molecule has 0 fully saturated rings. The molecule has 42 heavy (non-hydrogen) atoms. The van der Waals surface area contributed by atoms with E-state index in [4.69, 9.17) is 0 Å². The van der Waals surface area contributed by atoms with Crippen LogP contribution in [0.4, 0.5) is 0 Å². The summed E-state index contributed by atoms with van der Waals surface area (Å²) in [4.78, 5) is 7.10. The van der Waals surface area contributed by atoms with Gasteiger partial charge < -0.3 is 5.11 Å². The Bertz CT molecular complexity index is 970. The first-order valence-electron chi connectivity index (χ1n) is 17.5. The zero-order valence-corrected chi connectivity index (χ0v) is 28.7. The summed E-state index contributed by atoms with van der Waals surface area (Å²) in [5, 5.41) is 11.4. The van der Waals surface area contributed by atoms with E-state index >= 15 is 0 Å². The first-order chi connectivity index (χ1) is 20.0. The summed E-state index contributed by atoms with van der Waals surface area (Å²) in [6.45, 7) is 18.2. The van der Waals surface area contributed by atoms with Crippen LogP contribution in [0.15, 0.2) is 36.5 Å². The maximum Gasteiger partial charge on any atom is 0.123 e. The molecule has 1 aromatic carbocycles. The highest BCUT2D eigenvalue weighted by Gasteiger charge is 2.25. The number of aromatic nitrogens is 1. The summed E-state index contributed by atoms with van der Waals surface area (Å²) in [5.74, 6) is 0.466. The number of nitrogens with zero attached hydrogens (tertiary/aromatic N) is 2. The molecule has 1 heterocycles. The number of rotatable bonds is 21. The van der Waals surface area contributed by atoms with Crippen molar-refractivity contribution in [2.75, 3.05) is 6.54 Å². The van der Waals surface area contributed by atoms with E-state index < -0.39 is 0 Å². The van der Waals surface area contributed by atoms with E-state index in [-0.39, 0.29) is 10.8 Å². The Labute approximate surface area is 260 Å². The molecule has 0 unspecified atom stereocenters. The van der Waals surface area contributed by atoms with Crippen LogP contribution in [0.25, 0.3) is 0 Å². The summed E-state index contributed by atoms with van der Waals surface area (Å²) in [6.07, 6.45) is 24.1. The maximum absolute atomic E-state index is 11.4. The van der Waals surface area contributed by atoms with Crippen molar-refractivity contribution in [1.29, 1.82) is 0 Å². The fraction of sp³-hybridized carbons (Fsp3) is 0.718. The quantitative estimate of drug-likeness (QED) is 0.150. The van der Waals surface area contributed by atoms with Crippen molar-refractivity contribution in [3.05, 3.63) is 58.9 Å². The van der Waals surface area contributed by atoms with Gasteiger partial charge >= 0.3 is 0 Å². The van der Waals surface area contributed by atoms with Crippen molar-refractivity contribution in [1.82, 2.24) is 9.88 Å². The van der Waals surface area contributed by atoms with Gasteiger partial charge in [0.25, 0.3) is 0 Å². The minimum Gasteiger partial charge on any atom is -0.507 e. The summed E-state index contributed by atoms with van der Waals surface area (Å²) >= 11 is 0. The van der Waals surface area contributed by atoms with Crippen LogP contribution in [0.3, 0.4) is 0 Å². The first kappa shape index (κ1) is 36.3. The normalized spacial score (nSPS) is 12.4. The number of hydrogen-bond acceptors (Lipinski definition) is 3. The molecule has 0 aliphatic carbocycles. The lowest BCUT2D eigenvalue weighted by atomic mass is 9.79. The largest absolute Gasteiger partial charge is 0.507 e. The zero-order chi connectivity index (χ0) is 30.8. The van der Waals surface area contributed by atoms with Gasteiger partial charge in [-0.3, -0.25) is 9.88 Å². The van der Waals surface area contributed by atoms with Gasteiger partial charge in [0, 0.05) is 24.8 Å².